The molecule has 1 saturated heterocycles. The van der Waals surface area contributed by atoms with Gasteiger partial charge in [0.25, 0.3) is 5.91 Å². The van der Waals surface area contributed by atoms with Crippen LogP contribution in [0.15, 0.2) is 24.3 Å². The van der Waals surface area contributed by atoms with Crippen LogP contribution in [0.2, 0.25) is 0 Å². The first kappa shape index (κ1) is 18.6. The highest BCUT2D eigenvalue weighted by Crippen LogP contribution is 2.19. The Kier molecular flexibility index (Phi) is 7.89. The van der Waals surface area contributed by atoms with Gasteiger partial charge in [-0.2, -0.15) is 0 Å². The van der Waals surface area contributed by atoms with E-state index < -0.39 is 6.10 Å². The van der Waals surface area contributed by atoms with Crippen molar-refractivity contribution < 1.29 is 14.3 Å². The Balaban J connectivity index is 1.65. The van der Waals surface area contributed by atoms with Gasteiger partial charge in [-0.25, -0.2) is 0 Å². The van der Waals surface area contributed by atoms with E-state index >= 15 is 0 Å². The number of hydrogen-bond donors (Lipinski definition) is 1. The Morgan fingerprint density at radius 3 is 2.62 bits per heavy atom. The predicted octanol–water partition coefficient (Wildman–Crippen LogP) is 2.84. The quantitative estimate of drug-likeness (QED) is 0.743. The average Bonchev–Trinajstić information content (AvgIpc) is 2.87. The van der Waals surface area contributed by atoms with Gasteiger partial charge in [-0.3, -0.25) is 4.79 Å². The van der Waals surface area contributed by atoms with Crippen LogP contribution in [0.1, 0.15) is 39.0 Å². The molecule has 1 atom stereocenters. The number of carbonyl (C=O) groups is 1. The number of benzene rings is 1. The molecule has 1 fully saturated rings. The Hall–Kier alpha value is -1.75. The molecule has 1 aromatic rings. The van der Waals surface area contributed by atoms with Crippen LogP contribution >= 0.6 is 0 Å². The molecule has 24 heavy (non-hydrogen) atoms. The van der Waals surface area contributed by atoms with Crippen LogP contribution in [0, 0.1) is 0 Å². The van der Waals surface area contributed by atoms with Crippen LogP contribution in [0.3, 0.4) is 0 Å². The lowest BCUT2D eigenvalue weighted by molar-refractivity contribution is -0.127. The second-order valence-electron chi connectivity index (χ2n) is 6.34. The molecule has 1 unspecified atom stereocenters. The maximum absolute atomic E-state index is 12.1. The summed E-state index contributed by atoms with van der Waals surface area (Å²) in [6, 6.07) is 7.30. The van der Waals surface area contributed by atoms with Crippen molar-refractivity contribution in [3.63, 3.8) is 0 Å². The van der Waals surface area contributed by atoms with Crippen molar-refractivity contribution >= 4 is 5.91 Å². The normalized spacial score (nSPS) is 16.9. The first-order valence-electron chi connectivity index (χ1n) is 9.00. The van der Waals surface area contributed by atoms with Crippen LogP contribution in [0.5, 0.6) is 11.5 Å². The minimum absolute atomic E-state index is 0.0753. The van der Waals surface area contributed by atoms with Gasteiger partial charge in [-0.1, -0.05) is 18.9 Å². The number of rotatable bonds is 8. The van der Waals surface area contributed by atoms with Gasteiger partial charge in [0.2, 0.25) is 0 Å². The third-order valence-corrected chi connectivity index (χ3v) is 4.37. The fourth-order valence-electron chi connectivity index (χ4n) is 2.95. The molecule has 1 heterocycles. The smallest absolute Gasteiger partial charge is 0.260 e. The molecule has 5 nitrogen and oxygen atoms in total. The molecule has 0 saturated carbocycles. The summed E-state index contributed by atoms with van der Waals surface area (Å²) in [6.07, 6.45) is 5.78. The molecule has 134 valence electrons. The average molecular weight is 334 g/mol. The number of carbonyl (C=O) groups excluding carboxylic acids is 1. The Bertz CT molecular complexity index is 499. The Labute approximate surface area is 145 Å². The predicted molar refractivity (Wildman–Crippen MR) is 95.6 cm³/mol. The molecule has 0 bridgehead atoms. The van der Waals surface area contributed by atoms with Crippen LogP contribution in [0.25, 0.3) is 0 Å². The van der Waals surface area contributed by atoms with Crippen molar-refractivity contribution in [2.24, 2.45) is 0 Å². The van der Waals surface area contributed by atoms with E-state index in [0.717, 1.165) is 18.7 Å². The molecular weight excluding hydrogens is 304 g/mol. The van der Waals surface area contributed by atoms with E-state index in [9.17, 15) is 4.79 Å². The molecule has 1 aliphatic rings. The van der Waals surface area contributed by atoms with Crippen LogP contribution in [0.4, 0.5) is 0 Å². The van der Waals surface area contributed by atoms with Crippen LogP contribution in [-0.4, -0.2) is 50.2 Å². The standard InChI is InChI=1S/C19H30N2O3/c1-16(24-18-10-7-9-17(15-18)23-2)19(22)20-11-8-14-21-12-5-3-4-6-13-21/h7,9-10,15-16H,3-6,8,11-14H2,1-2H3,(H,20,22). The minimum atomic E-state index is -0.518. The molecule has 0 spiro atoms. The molecule has 0 aliphatic carbocycles. The Morgan fingerprint density at radius 2 is 1.92 bits per heavy atom. The maximum Gasteiger partial charge on any atom is 0.260 e. The number of nitrogens with zero attached hydrogens (tertiary/aromatic N) is 1. The number of hydrogen-bond acceptors (Lipinski definition) is 4. The molecule has 0 aromatic heterocycles. The van der Waals surface area contributed by atoms with E-state index in [0.29, 0.717) is 12.3 Å². The van der Waals surface area contributed by atoms with E-state index in [4.69, 9.17) is 9.47 Å². The van der Waals surface area contributed by atoms with E-state index in [1.54, 1.807) is 20.1 Å². The number of likely N-dealkylation sites (tertiary alicyclic amines) is 1. The molecule has 0 radical (unpaired) electrons. The zero-order valence-corrected chi connectivity index (χ0v) is 14.9. The number of amides is 1. The van der Waals surface area contributed by atoms with Crippen molar-refractivity contribution in [2.75, 3.05) is 33.3 Å². The molecule has 2 rings (SSSR count). The van der Waals surface area contributed by atoms with Crippen molar-refractivity contribution in [3.8, 4) is 11.5 Å². The van der Waals surface area contributed by atoms with Crippen LogP contribution < -0.4 is 14.8 Å². The zero-order chi connectivity index (χ0) is 17.2. The molecule has 1 amide bonds. The lowest BCUT2D eigenvalue weighted by Gasteiger charge is -2.20. The first-order chi connectivity index (χ1) is 11.7. The highest BCUT2D eigenvalue weighted by molar-refractivity contribution is 5.80. The maximum atomic E-state index is 12.1. The zero-order valence-electron chi connectivity index (χ0n) is 14.9. The van der Waals surface area contributed by atoms with Gasteiger partial charge in [0.05, 0.1) is 7.11 Å². The number of ether oxygens (including phenoxy) is 2. The third-order valence-electron chi connectivity index (χ3n) is 4.37. The summed E-state index contributed by atoms with van der Waals surface area (Å²) in [4.78, 5) is 14.6. The highest BCUT2D eigenvalue weighted by Gasteiger charge is 2.15. The molecule has 5 heteroatoms. The van der Waals surface area contributed by atoms with Crippen molar-refractivity contribution in [1.29, 1.82) is 0 Å². The highest BCUT2D eigenvalue weighted by atomic mass is 16.5. The summed E-state index contributed by atoms with van der Waals surface area (Å²) >= 11 is 0. The van der Waals surface area contributed by atoms with Gasteiger partial charge in [0, 0.05) is 12.6 Å². The first-order valence-corrected chi connectivity index (χ1v) is 9.00. The van der Waals surface area contributed by atoms with Gasteiger partial charge in [-0.15, -0.1) is 0 Å². The lowest BCUT2D eigenvalue weighted by Crippen LogP contribution is -2.38. The molecule has 1 aromatic carbocycles. The molecular formula is C19H30N2O3. The van der Waals surface area contributed by atoms with E-state index in [1.807, 2.05) is 18.2 Å². The van der Waals surface area contributed by atoms with Gasteiger partial charge in [-0.05, 0) is 58.0 Å². The van der Waals surface area contributed by atoms with Gasteiger partial charge in [0.15, 0.2) is 6.10 Å². The summed E-state index contributed by atoms with van der Waals surface area (Å²) in [5, 5.41) is 2.96. The molecule has 1 N–H and O–H groups in total. The minimum Gasteiger partial charge on any atom is -0.497 e. The lowest BCUT2D eigenvalue weighted by atomic mass is 10.2. The van der Waals surface area contributed by atoms with Gasteiger partial charge >= 0.3 is 0 Å². The van der Waals surface area contributed by atoms with Crippen molar-refractivity contribution in [2.45, 2.75) is 45.1 Å². The summed E-state index contributed by atoms with van der Waals surface area (Å²) in [5.41, 5.74) is 0. The SMILES string of the molecule is COc1cccc(OC(C)C(=O)NCCCN2CCCCCC2)c1. The largest absolute Gasteiger partial charge is 0.497 e. The van der Waals surface area contributed by atoms with Crippen LogP contribution in [-0.2, 0) is 4.79 Å². The van der Waals surface area contributed by atoms with E-state index in [2.05, 4.69) is 10.2 Å². The van der Waals surface area contributed by atoms with Crippen molar-refractivity contribution in [1.82, 2.24) is 10.2 Å². The number of nitrogens with one attached hydrogen (secondary N) is 1. The number of methoxy groups -OCH3 is 1. The molecule has 1 aliphatic heterocycles. The third kappa shape index (κ3) is 6.40. The summed E-state index contributed by atoms with van der Waals surface area (Å²) < 4.78 is 10.8. The Morgan fingerprint density at radius 1 is 1.21 bits per heavy atom. The fourth-order valence-corrected chi connectivity index (χ4v) is 2.95. The van der Waals surface area contributed by atoms with Gasteiger partial charge < -0.3 is 19.7 Å². The summed E-state index contributed by atoms with van der Waals surface area (Å²) in [7, 11) is 1.61. The second-order valence-corrected chi connectivity index (χ2v) is 6.34. The van der Waals surface area contributed by atoms with E-state index in [1.165, 1.54) is 38.8 Å². The summed E-state index contributed by atoms with van der Waals surface area (Å²) in [5.74, 6) is 1.29. The topological polar surface area (TPSA) is 50.8 Å². The van der Waals surface area contributed by atoms with E-state index in [-0.39, 0.29) is 5.91 Å². The van der Waals surface area contributed by atoms with Gasteiger partial charge in [0.1, 0.15) is 11.5 Å². The monoisotopic (exact) mass is 334 g/mol. The fraction of sp³-hybridized carbons (Fsp3) is 0.632. The second kappa shape index (κ2) is 10.2. The summed E-state index contributed by atoms with van der Waals surface area (Å²) in [6.45, 7) is 5.92. The van der Waals surface area contributed by atoms with Crippen molar-refractivity contribution in [3.05, 3.63) is 24.3 Å².